The highest BCUT2D eigenvalue weighted by molar-refractivity contribution is 6.32. The lowest BCUT2D eigenvalue weighted by Crippen LogP contribution is -2.47. The number of benzene rings is 4. The Morgan fingerprint density at radius 1 is 0.846 bits per heavy atom. The van der Waals surface area contributed by atoms with Crippen LogP contribution >= 0.6 is 35.6 Å². The van der Waals surface area contributed by atoms with Gasteiger partial charge in [-0.25, -0.2) is 9.37 Å². The van der Waals surface area contributed by atoms with Gasteiger partial charge >= 0.3 is 0 Å². The summed E-state index contributed by atoms with van der Waals surface area (Å²) in [7, 11) is 0. The summed E-state index contributed by atoms with van der Waals surface area (Å²) in [5, 5.41) is 1.07. The fraction of sp³-hybridized carbons (Fsp3) is 0.220. The van der Waals surface area contributed by atoms with E-state index in [2.05, 4.69) is 34.1 Å². The first-order valence-corrected chi connectivity index (χ1v) is 17.5. The van der Waals surface area contributed by atoms with Gasteiger partial charge in [0.2, 0.25) is 11.8 Å². The molecule has 0 atom stereocenters. The fourth-order valence-electron chi connectivity index (χ4n) is 5.66. The van der Waals surface area contributed by atoms with Crippen LogP contribution in [0.4, 0.5) is 4.39 Å². The summed E-state index contributed by atoms with van der Waals surface area (Å²) >= 11 is 12.8. The Hall–Kier alpha value is -4.60. The number of hydrogen-bond acceptors (Lipinski definition) is 6. The molecule has 1 saturated heterocycles. The van der Waals surface area contributed by atoms with Crippen molar-refractivity contribution < 1.29 is 23.4 Å². The molecule has 0 saturated carbocycles. The molecule has 1 aliphatic rings. The van der Waals surface area contributed by atoms with Crippen LogP contribution in [0.2, 0.25) is 10.0 Å². The molecule has 52 heavy (non-hydrogen) atoms. The Morgan fingerprint density at radius 3 is 2.25 bits per heavy atom. The van der Waals surface area contributed by atoms with Gasteiger partial charge in [0.05, 0.1) is 17.8 Å². The van der Waals surface area contributed by atoms with Crippen molar-refractivity contribution in [2.45, 2.75) is 26.5 Å². The number of hydrogen-bond donors (Lipinski definition) is 0. The summed E-state index contributed by atoms with van der Waals surface area (Å²) in [6.07, 6.45) is 5.74. The molecule has 11 heteroatoms. The molecule has 1 fully saturated rings. The highest BCUT2D eigenvalue weighted by Crippen LogP contribution is 2.34. The van der Waals surface area contributed by atoms with E-state index in [1.807, 2.05) is 42.2 Å². The molecular weight excluding hydrogens is 724 g/mol. The molecule has 1 aliphatic heterocycles. The molecule has 1 amide bonds. The maximum absolute atomic E-state index is 13.1. The van der Waals surface area contributed by atoms with E-state index in [9.17, 15) is 9.18 Å². The van der Waals surface area contributed by atoms with Crippen LogP contribution in [-0.4, -0.2) is 53.5 Å². The maximum atomic E-state index is 13.1. The van der Waals surface area contributed by atoms with Crippen molar-refractivity contribution in [3.8, 4) is 23.1 Å². The minimum Gasteiger partial charge on any atom is -0.493 e. The molecule has 4 aromatic carbocycles. The lowest BCUT2D eigenvalue weighted by atomic mass is 10.1. The van der Waals surface area contributed by atoms with Crippen molar-refractivity contribution in [2.24, 2.45) is 0 Å². The Kier molecular flexibility index (Phi) is 13.9. The summed E-state index contributed by atoms with van der Waals surface area (Å²) in [5.74, 6) is 1.83. The largest absolute Gasteiger partial charge is 0.493 e. The molecule has 0 N–H and O–H groups in total. The molecule has 270 valence electrons. The molecule has 0 unspecified atom stereocenters. The van der Waals surface area contributed by atoms with E-state index in [1.165, 1.54) is 23.3 Å². The van der Waals surface area contributed by atoms with Gasteiger partial charge in [-0.05, 0) is 83.8 Å². The number of carbonyl (C=O) groups excluding carboxylic acids is 1. The first kappa shape index (κ1) is 38.6. The Morgan fingerprint density at radius 2 is 1.56 bits per heavy atom. The van der Waals surface area contributed by atoms with E-state index in [-0.39, 0.29) is 24.1 Å². The van der Waals surface area contributed by atoms with Crippen molar-refractivity contribution in [1.82, 2.24) is 14.8 Å². The first-order chi connectivity index (χ1) is 24.8. The van der Waals surface area contributed by atoms with E-state index in [1.54, 1.807) is 48.7 Å². The molecule has 7 nitrogen and oxygen atoms in total. The standard InChI is InChI=1S/C41H38Cl2FN3O4.ClH/c1-29-24-32(25-38(43)41(29)51-39-16-15-36(26-45-39)50-28-33-4-2-3-5-37(33)42)10-17-40(48)47-21-19-46(20-22-47)27-31-8-6-30(7-9-31)18-23-49-35-13-11-34(44)12-14-35;/h2-17,24-26H,18-23,27-28H2,1H3;1H. The van der Waals surface area contributed by atoms with Crippen molar-refractivity contribution >= 4 is 47.6 Å². The molecule has 6 rings (SSSR count). The molecule has 2 heterocycles. The third-order valence-corrected chi connectivity index (χ3v) is 9.17. The summed E-state index contributed by atoms with van der Waals surface area (Å²) < 4.78 is 30.6. The molecule has 0 aliphatic carbocycles. The zero-order valence-electron chi connectivity index (χ0n) is 28.6. The number of nitrogens with zero attached hydrogens (tertiary/aromatic N) is 3. The van der Waals surface area contributed by atoms with E-state index in [4.69, 9.17) is 37.4 Å². The van der Waals surface area contributed by atoms with Crippen molar-refractivity contribution in [3.05, 3.63) is 153 Å². The summed E-state index contributed by atoms with van der Waals surface area (Å²) in [4.78, 5) is 21.6. The second-order valence-corrected chi connectivity index (χ2v) is 13.1. The van der Waals surface area contributed by atoms with Crippen LogP contribution in [0, 0.1) is 12.7 Å². The number of aryl methyl sites for hydroxylation is 1. The quantitative estimate of drug-likeness (QED) is 0.111. The third-order valence-electron chi connectivity index (χ3n) is 8.52. The predicted octanol–water partition coefficient (Wildman–Crippen LogP) is 9.61. The van der Waals surface area contributed by atoms with E-state index < -0.39 is 0 Å². The molecule has 5 aromatic rings. The number of piperazine rings is 1. The Bertz CT molecular complexity index is 1930. The topological polar surface area (TPSA) is 64.1 Å². The monoisotopic (exact) mass is 761 g/mol. The number of rotatable bonds is 13. The third kappa shape index (κ3) is 11.0. The lowest BCUT2D eigenvalue weighted by Gasteiger charge is -2.34. The average molecular weight is 763 g/mol. The number of pyridine rings is 1. The van der Waals surface area contributed by atoms with Gasteiger partial charge in [0.25, 0.3) is 0 Å². The lowest BCUT2D eigenvalue weighted by molar-refractivity contribution is -0.127. The van der Waals surface area contributed by atoms with Crippen molar-refractivity contribution in [3.63, 3.8) is 0 Å². The highest BCUT2D eigenvalue weighted by Gasteiger charge is 2.20. The van der Waals surface area contributed by atoms with Crippen LogP contribution in [0.3, 0.4) is 0 Å². The number of carbonyl (C=O) groups is 1. The smallest absolute Gasteiger partial charge is 0.246 e. The van der Waals surface area contributed by atoms with Gasteiger partial charge in [0.15, 0.2) is 5.75 Å². The zero-order valence-corrected chi connectivity index (χ0v) is 31.0. The van der Waals surface area contributed by atoms with Gasteiger partial charge in [-0.3, -0.25) is 9.69 Å². The SMILES string of the molecule is Cc1cc(C=CC(=O)N2CCN(Cc3ccc(CCOc4ccc(F)cc4)cc3)CC2)cc(Cl)c1Oc1ccc(OCc2ccccc2Cl)cn1.Cl. The molecular formula is C41H39Cl3FN3O4. The highest BCUT2D eigenvalue weighted by atomic mass is 35.5. The molecule has 0 radical (unpaired) electrons. The molecule has 0 bridgehead atoms. The Balaban J connectivity index is 0.00000523. The number of halogens is 4. The summed E-state index contributed by atoms with van der Waals surface area (Å²) in [5.41, 5.74) is 4.91. The van der Waals surface area contributed by atoms with E-state index in [0.29, 0.717) is 59.5 Å². The van der Waals surface area contributed by atoms with Crippen LogP contribution in [0.5, 0.6) is 23.1 Å². The van der Waals surface area contributed by atoms with Crippen LogP contribution in [-0.2, 0) is 24.4 Å². The molecule has 0 spiro atoms. The minimum absolute atomic E-state index is 0. The maximum Gasteiger partial charge on any atom is 0.246 e. The van der Waals surface area contributed by atoms with Gasteiger partial charge in [0, 0.05) is 61.9 Å². The van der Waals surface area contributed by atoms with Crippen LogP contribution in [0.25, 0.3) is 6.08 Å². The van der Waals surface area contributed by atoms with Gasteiger partial charge in [0.1, 0.15) is 23.9 Å². The average Bonchev–Trinajstić information content (AvgIpc) is 3.14. The normalized spacial score (nSPS) is 13.1. The molecule has 1 aromatic heterocycles. The fourth-order valence-corrected chi connectivity index (χ4v) is 6.17. The number of aromatic nitrogens is 1. The van der Waals surface area contributed by atoms with Crippen LogP contribution in [0.1, 0.15) is 27.8 Å². The van der Waals surface area contributed by atoms with Crippen molar-refractivity contribution in [1.29, 1.82) is 0 Å². The number of amides is 1. The minimum atomic E-state index is -0.274. The van der Waals surface area contributed by atoms with E-state index in [0.717, 1.165) is 42.7 Å². The second-order valence-electron chi connectivity index (χ2n) is 12.3. The van der Waals surface area contributed by atoms with Crippen LogP contribution in [0.15, 0.2) is 109 Å². The van der Waals surface area contributed by atoms with Crippen molar-refractivity contribution in [2.75, 3.05) is 32.8 Å². The first-order valence-electron chi connectivity index (χ1n) is 16.7. The Labute approximate surface area is 320 Å². The van der Waals surface area contributed by atoms with Crippen LogP contribution < -0.4 is 14.2 Å². The van der Waals surface area contributed by atoms with Gasteiger partial charge in [-0.15, -0.1) is 12.4 Å². The van der Waals surface area contributed by atoms with Gasteiger partial charge < -0.3 is 19.1 Å². The second kappa shape index (κ2) is 18.8. The number of ether oxygens (including phenoxy) is 3. The summed E-state index contributed by atoms with van der Waals surface area (Å²) in [6, 6.07) is 29.3. The summed E-state index contributed by atoms with van der Waals surface area (Å²) in [6.45, 7) is 6.50. The predicted molar refractivity (Wildman–Crippen MR) is 206 cm³/mol. The van der Waals surface area contributed by atoms with Gasteiger partial charge in [-0.2, -0.15) is 0 Å². The zero-order chi connectivity index (χ0) is 35.6. The van der Waals surface area contributed by atoms with Gasteiger partial charge in [-0.1, -0.05) is 65.7 Å². The van der Waals surface area contributed by atoms with E-state index >= 15 is 0 Å².